The second kappa shape index (κ2) is 8.52. The van der Waals surface area contributed by atoms with E-state index in [1.165, 1.54) is 23.5 Å². The van der Waals surface area contributed by atoms with E-state index in [4.69, 9.17) is 4.42 Å². The van der Waals surface area contributed by atoms with Gasteiger partial charge in [-0.3, -0.25) is 14.9 Å². The highest BCUT2D eigenvalue weighted by Gasteiger charge is 2.20. The first-order valence-electron chi connectivity index (χ1n) is 10.3. The molecule has 3 heterocycles. The SMILES string of the molecule is Cc1ccc(-c2ccc(C(=O)NCc3ccc(-c4nn5c(C)nnc5s4)cc3)o2)c([N+](=O)[O-])c1. The second-order valence-corrected chi connectivity index (χ2v) is 8.63. The number of benzene rings is 2. The Kier molecular flexibility index (Phi) is 5.38. The zero-order chi connectivity index (χ0) is 23.8. The summed E-state index contributed by atoms with van der Waals surface area (Å²) in [6.07, 6.45) is 0. The van der Waals surface area contributed by atoms with Crippen molar-refractivity contribution >= 4 is 27.9 Å². The fourth-order valence-corrected chi connectivity index (χ4v) is 4.36. The molecular formula is C23H18N6O4S. The van der Waals surface area contributed by atoms with Gasteiger partial charge in [0.1, 0.15) is 10.8 Å². The van der Waals surface area contributed by atoms with E-state index >= 15 is 0 Å². The lowest BCUT2D eigenvalue weighted by Crippen LogP contribution is -2.22. The van der Waals surface area contributed by atoms with Crippen LogP contribution in [0, 0.1) is 24.0 Å². The van der Waals surface area contributed by atoms with Crippen molar-refractivity contribution in [2.45, 2.75) is 20.4 Å². The molecule has 0 bridgehead atoms. The lowest BCUT2D eigenvalue weighted by Gasteiger charge is -2.05. The number of aromatic nitrogens is 4. The van der Waals surface area contributed by atoms with Gasteiger partial charge in [-0.05, 0) is 43.2 Å². The number of amides is 1. The lowest BCUT2D eigenvalue weighted by atomic mass is 10.1. The topological polar surface area (TPSA) is 128 Å². The van der Waals surface area contributed by atoms with E-state index in [-0.39, 0.29) is 17.2 Å². The Morgan fingerprint density at radius 1 is 1.12 bits per heavy atom. The minimum atomic E-state index is -0.462. The zero-order valence-corrected chi connectivity index (χ0v) is 19.0. The summed E-state index contributed by atoms with van der Waals surface area (Å²) >= 11 is 1.45. The van der Waals surface area contributed by atoms with Gasteiger partial charge in [0.15, 0.2) is 11.6 Å². The number of nitrogens with one attached hydrogen (secondary N) is 1. The van der Waals surface area contributed by atoms with Gasteiger partial charge in [-0.1, -0.05) is 41.7 Å². The largest absolute Gasteiger partial charge is 0.451 e. The standard InChI is InChI=1S/C23H18N6O4S/c1-13-3-8-17(18(11-13)29(31)32)19-9-10-20(33-19)21(30)24-12-15-4-6-16(7-5-15)22-27-28-14(2)25-26-23(28)34-22/h3-11H,12H2,1-2H3,(H,24,30). The number of fused-ring (bicyclic) bond motifs is 1. The van der Waals surface area contributed by atoms with Gasteiger partial charge in [-0.25, -0.2) is 0 Å². The maximum Gasteiger partial charge on any atom is 0.287 e. The van der Waals surface area contributed by atoms with Crippen LogP contribution in [0.4, 0.5) is 5.69 Å². The van der Waals surface area contributed by atoms with E-state index in [2.05, 4.69) is 20.6 Å². The van der Waals surface area contributed by atoms with Crippen LogP contribution >= 0.6 is 11.3 Å². The Balaban J connectivity index is 1.26. The summed E-state index contributed by atoms with van der Waals surface area (Å²) < 4.78 is 7.33. The molecule has 5 aromatic rings. The molecule has 0 aliphatic heterocycles. The predicted molar refractivity (Wildman–Crippen MR) is 126 cm³/mol. The van der Waals surface area contributed by atoms with Gasteiger partial charge in [0.2, 0.25) is 4.96 Å². The van der Waals surface area contributed by atoms with Gasteiger partial charge >= 0.3 is 0 Å². The number of hydrogen-bond acceptors (Lipinski definition) is 8. The molecule has 5 rings (SSSR count). The third-order valence-corrected chi connectivity index (χ3v) is 6.19. The Bertz CT molecular complexity index is 1530. The quantitative estimate of drug-likeness (QED) is 0.282. The summed E-state index contributed by atoms with van der Waals surface area (Å²) in [5.41, 5.74) is 2.87. The molecule has 11 heteroatoms. The maximum atomic E-state index is 12.6. The summed E-state index contributed by atoms with van der Waals surface area (Å²) in [6.45, 7) is 3.92. The monoisotopic (exact) mass is 474 g/mol. The third-order valence-electron chi connectivity index (χ3n) is 5.25. The molecule has 0 aliphatic rings. The van der Waals surface area contributed by atoms with Crippen molar-refractivity contribution in [1.82, 2.24) is 25.1 Å². The molecule has 10 nitrogen and oxygen atoms in total. The second-order valence-electron chi connectivity index (χ2n) is 7.67. The molecule has 170 valence electrons. The van der Waals surface area contributed by atoms with Crippen molar-refractivity contribution in [2.75, 3.05) is 0 Å². The first kappa shape index (κ1) is 21.5. The molecule has 34 heavy (non-hydrogen) atoms. The van der Waals surface area contributed by atoms with Crippen LogP contribution < -0.4 is 5.32 Å². The summed E-state index contributed by atoms with van der Waals surface area (Å²) in [4.78, 5) is 24.2. The molecular weight excluding hydrogens is 456 g/mol. The van der Waals surface area contributed by atoms with Gasteiger partial charge in [-0.2, -0.15) is 9.61 Å². The molecule has 0 aliphatic carbocycles. The minimum Gasteiger partial charge on any atom is -0.451 e. The molecule has 2 aromatic carbocycles. The summed E-state index contributed by atoms with van der Waals surface area (Å²) in [5, 5.41) is 27.6. The van der Waals surface area contributed by atoms with Crippen LogP contribution in [0.15, 0.2) is 59.0 Å². The number of nitrogens with zero attached hydrogens (tertiary/aromatic N) is 5. The van der Waals surface area contributed by atoms with Crippen molar-refractivity contribution < 1.29 is 14.1 Å². The van der Waals surface area contributed by atoms with E-state index in [9.17, 15) is 14.9 Å². The van der Waals surface area contributed by atoms with Crippen molar-refractivity contribution in [1.29, 1.82) is 0 Å². The number of nitro groups is 1. The van der Waals surface area contributed by atoms with E-state index in [1.54, 1.807) is 29.6 Å². The van der Waals surface area contributed by atoms with Crippen LogP contribution in [0.25, 0.3) is 26.9 Å². The Morgan fingerprint density at radius 3 is 2.65 bits per heavy atom. The fourth-order valence-electron chi connectivity index (χ4n) is 3.47. The molecule has 0 unspecified atom stereocenters. The number of carbonyl (C=O) groups excluding carboxylic acids is 1. The Labute approximate surface area is 197 Å². The summed E-state index contributed by atoms with van der Waals surface area (Å²) in [7, 11) is 0. The fraction of sp³-hybridized carbons (Fsp3) is 0.130. The Hall–Kier alpha value is -4.38. The number of aryl methyl sites for hydroxylation is 2. The number of nitro benzene ring substituents is 1. The minimum absolute atomic E-state index is 0.0682. The molecule has 3 aromatic heterocycles. The highest BCUT2D eigenvalue weighted by molar-refractivity contribution is 7.19. The highest BCUT2D eigenvalue weighted by atomic mass is 32.1. The van der Waals surface area contributed by atoms with E-state index in [0.717, 1.165) is 32.5 Å². The number of rotatable bonds is 6. The average Bonchev–Trinajstić information content (AvgIpc) is 3.56. The molecule has 0 saturated carbocycles. The zero-order valence-electron chi connectivity index (χ0n) is 18.2. The van der Waals surface area contributed by atoms with Gasteiger partial charge in [-0.15, -0.1) is 10.2 Å². The van der Waals surface area contributed by atoms with Gasteiger partial charge in [0.05, 0.1) is 10.5 Å². The van der Waals surface area contributed by atoms with Crippen molar-refractivity contribution in [3.05, 3.63) is 87.4 Å². The van der Waals surface area contributed by atoms with Crippen LogP contribution in [-0.4, -0.2) is 30.6 Å². The highest BCUT2D eigenvalue weighted by Crippen LogP contribution is 2.32. The smallest absolute Gasteiger partial charge is 0.287 e. The molecule has 1 N–H and O–H groups in total. The van der Waals surface area contributed by atoms with Crippen LogP contribution in [0.5, 0.6) is 0 Å². The normalized spacial score (nSPS) is 11.1. The number of furan rings is 1. The molecule has 0 saturated heterocycles. The molecule has 0 atom stereocenters. The van der Waals surface area contributed by atoms with Gasteiger partial charge in [0.25, 0.3) is 11.6 Å². The van der Waals surface area contributed by atoms with Crippen molar-refractivity contribution in [3.63, 3.8) is 0 Å². The Morgan fingerprint density at radius 2 is 1.91 bits per heavy atom. The number of carbonyl (C=O) groups is 1. The van der Waals surface area contributed by atoms with Gasteiger partial charge < -0.3 is 9.73 Å². The molecule has 0 radical (unpaired) electrons. The van der Waals surface area contributed by atoms with E-state index in [1.807, 2.05) is 31.2 Å². The maximum absolute atomic E-state index is 12.6. The molecule has 0 fully saturated rings. The van der Waals surface area contributed by atoms with Crippen LogP contribution in [-0.2, 0) is 6.54 Å². The number of hydrogen-bond donors (Lipinski definition) is 1. The molecule has 0 spiro atoms. The lowest BCUT2D eigenvalue weighted by molar-refractivity contribution is -0.384. The van der Waals surface area contributed by atoms with Crippen molar-refractivity contribution in [3.8, 4) is 21.9 Å². The summed E-state index contributed by atoms with van der Waals surface area (Å²) in [5.74, 6) is 0.669. The van der Waals surface area contributed by atoms with Crippen LogP contribution in [0.1, 0.15) is 27.5 Å². The first-order valence-corrected chi connectivity index (χ1v) is 11.1. The summed E-state index contributed by atoms with van der Waals surface area (Å²) in [6, 6.07) is 15.6. The predicted octanol–water partition coefficient (Wildman–Crippen LogP) is 4.57. The first-order chi connectivity index (χ1) is 16.4. The molecule has 1 amide bonds. The third kappa shape index (κ3) is 4.04. The van der Waals surface area contributed by atoms with E-state index in [0.29, 0.717) is 12.1 Å². The van der Waals surface area contributed by atoms with Gasteiger partial charge in [0, 0.05) is 18.2 Å². The average molecular weight is 475 g/mol. The van der Waals surface area contributed by atoms with Crippen LogP contribution in [0.3, 0.4) is 0 Å². The van der Waals surface area contributed by atoms with Crippen molar-refractivity contribution in [2.24, 2.45) is 0 Å². The van der Waals surface area contributed by atoms with E-state index < -0.39 is 10.8 Å². The van der Waals surface area contributed by atoms with Crippen LogP contribution in [0.2, 0.25) is 0 Å².